The first-order chi connectivity index (χ1) is 4.86. The van der Waals surface area contributed by atoms with Crippen molar-refractivity contribution in [2.24, 2.45) is 0 Å². The van der Waals surface area contributed by atoms with E-state index in [4.69, 9.17) is 10.2 Å². The Morgan fingerprint density at radius 2 is 1.91 bits per heavy atom. The highest BCUT2D eigenvalue weighted by Crippen LogP contribution is 2.19. The molecule has 0 amide bonds. The first-order valence-corrected chi connectivity index (χ1v) is 3.10. The molecule has 0 saturated heterocycles. The third-order valence-corrected chi connectivity index (χ3v) is 1.44. The van der Waals surface area contributed by atoms with E-state index in [1.165, 1.54) is 0 Å². The van der Waals surface area contributed by atoms with Crippen molar-refractivity contribution in [3.8, 4) is 0 Å². The maximum absolute atomic E-state index is 5.42. The van der Waals surface area contributed by atoms with Crippen molar-refractivity contribution in [1.29, 1.82) is 0 Å². The van der Waals surface area contributed by atoms with Gasteiger partial charge in [0, 0.05) is 11.5 Å². The smallest absolute Gasteiger partial charge is 0.191 e. The Morgan fingerprint density at radius 1 is 1.18 bits per heavy atom. The number of nitrogen functional groups attached to an aromatic ring is 1. The van der Waals surface area contributed by atoms with E-state index in [-0.39, 0.29) is 12.4 Å². The SMILES string of the molecule is Cl.Nc1cc2ccccc2o1. The lowest BCUT2D eigenvalue weighted by molar-refractivity contribution is 0.637. The fourth-order valence-electron chi connectivity index (χ4n) is 1.00. The number of halogens is 1. The molecule has 0 radical (unpaired) electrons. The summed E-state index contributed by atoms with van der Waals surface area (Å²) in [5, 5.41) is 1.06. The fourth-order valence-corrected chi connectivity index (χ4v) is 1.00. The van der Waals surface area contributed by atoms with Crippen LogP contribution in [0.15, 0.2) is 34.7 Å². The fraction of sp³-hybridized carbons (Fsp3) is 0. The van der Waals surface area contributed by atoms with Crippen LogP contribution in [0.25, 0.3) is 11.0 Å². The first-order valence-electron chi connectivity index (χ1n) is 3.10. The molecule has 2 aromatic rings. The minimum atomic E-state index is 0. The second-order valence-corrected chi connectivity index (χ2v) is 2.19. The lowest BCUT2D eigenvalue weighted by Crippen LogP contribution is -1.75. The molecule has 58 valence electrons. The summed E-state index contributed by atoms with van der Waals surface area (Å²) >= 11 is 0. The Morgan fingerprint density at radius 3 is 2.64 bits per heavy atom. The van der Waals surface area contributed by atoms with Gasteiger partial charge in [-0.05, 0) is 6.07 Å². The summed E-state index contributed by atoms with van der Waals surface area (Å²) in [6, 6.07) is 9.55. The van der Waals surface area contributed by atoms with Crippen molar-refractivity contribution in [2.75, 3.05) is 5.73 Å². The monoisotopic (exact) mass is 169 g/mol. The number of rotatable bonds is 0. The summed E-state index contributed by atoms with van der Waals surface area (Å²) in [7, 11) is 0. The Hall–Kier alpha value is -1.15. The van der Waals surface area contributed by atoms with E-state index < -0.39 is 0 Å². The molecule has 2 rings (SSSR count). The van der Waals surface area contributed by atoms with E-state index >= 15 is 0 Å². The minimum Gasteiger partial charge on any atom is -0.441 e. The molecule has 3 heteroatoms. The Labute approximate surface area is 70.4 Å². The number of fused-ring (bicyclic) bond motifs is 1. The number of anilines is 1. The second-order valence-electron chi connectivity index (χ2n) is 2.19. The number of para-hydroxylation sites is 1. The van der Waals surface area contributed by atoms with Gasteiger partial charge < -0.3 is 10.2 Å². The summed E-state index contributed by atoms with van der Waals surface area (Å²) in [5.74, 6) is 0.473. The summed E-state index contributed by atoms with van der Waals surface area (Å²) in [6.45, 7) is 0. The molecule has 0 aliphatic rings. The van der Waals surface area contributed by atoms with E-state index in [9.17, 15) is 0 Å². The lowest BCUT2D eigenvalue weighted by atomic mass is 10.3. The highest BCUT2D eigenvalue weighted by Gasteiger charge is 1.96. The number of nitrogens with two attached hydrogens (primary N) is 1. The van der Waals surface area contributed by atoms with Crippen LogP contribution in [0.4, 0.5) is 5.88 Å². The van der Waals surface area contributed by atoms with Crippen LogP contribution in [-0.4, -0.2) is 0 Å². The van der Waals surface area contributed by atoms with Crippen LogP contribution >= 0.6 is 12.4 Å². The van der Waals surface area contributed by atoms with Gasteiger partial charge in [0.05, 0.1) is 0 Å². The van der Waals surface area contributed by atoms with Crippen LogP contribution < -0.4 is 5.73 Å². The molecule has 1 aromatic carbocycles. The average molecular weight is 170 g/mol. The summed E-state index contributed by atoms with van der Waals surface area (Å²) in [6.07, 6.45) is 0. The predicted octanol–water partition coefficient (Wildman–Crippen LogP) is 2.44. The average Bonchev–Trinajstić information content (AvgIpc) is 2.27. The molecule has 0 saturated carbocycles. The Kier molecular flexibility index (Phi) is 2.06. The maximum Gasteiger partial charge on any atom is 0.191 e. The van der Waals surface area contributed by atoms with E-state index in [1.54, 1.807) is 0 Å². The number of hydrogen-bond donors (Lipinski definition) is 1. The third kappa shape index (κ3) is 1.30. The molecule has 2 nitrogen and oxygen atoms in total. The van der Waals surface area contributed by atoms with Crippen LogP contribution in [0, 0.1) is 0 Å². The van der Waals surface area contributed by atoms with Crippen LogP contribution in [0.3, 0.4) is 0 Å². The normalized spacial score (nSPS) is 9.45. The topological polar surface area (TPSA) is 39.2 Å². The van der Waals surface area contributed by atoms with Crippen LogP contribution in [0.5, 0.6) is 0 Å². The highest BCUT2D eigenvalue weighted by molar-refractivity contribution is 5.85. The summed E-state index contributed by atoms with van der Waals surface area (Å²) in [5.41, 5.74) is 6.27. The molecule has 0 atom stereocenters. The van der Waals surface area contributed by atoms with Gasteiger partial charge in [-0.25, -0.2) is 0 Å². The van der Waals surface area contributed by atoms with Crippen LogP contribution in [0.2, 0.25) is 0 Å². The van der Waals surface area contributed by atoms with Crippen molar-refractivity contribution in [3.05, 3.63) is 30.3 Å². The van der Waals surface area contributed by atoms with Crippen molar-refractivity contribution in [2.45, 2.75) is 0 Å². The molecule has 0 unspecified atom stereocenters. The molecular formula is C8H8ClNO. The molecule has 1 heterocycles. The van der Waals surface area contributed by atoms with Crippen molar-refractivity contribution in [1.82, 2.24) is 0 Å². The molecule has 0 bridgehead atoms. The van der Waals surface area contributed by atoms with Gasteiger partial charge in [0.2, 0.25) is 0 Å². The van der Waals surface area contributed by atoms with Crippen molar-refractivity contribution in [3.63, 3.8) is 0 Å². The van der Waals surface area contributed by atoms with Crippen molar-refractivity contribution >= 4 is 29.3 Å². The largest absolute Gasteiger partial charge is 0.441 e. The number of benzene rings is 1. The Balaban J connectivity index is 0.000000605. The number of furan rings is 1. The van der Waals surface area contributed by atoms with Crippen molar-refractivity contribution < 1.29 is 4.42 Å². The standard InChI is InChI=1S/C8H7NO.ClH/c9-8-5-6-3-1-2-4-7(6)10-8;/h1-5H,9H2;1H. The molecule has 0 aliphatic heterocycles. The van der Waals surface area contributed by atoms with E-state index in [2.05, 4.69) is 0 Å². The minimum absolute atomic E-state index is 0. The van der Waals surface area contributed by atoms with Gasteiger partial charge in [0.15, 0.2) is 5.88 Å². The second kappa shape index (κ2) is 2.84. The first kappa shape index (κ1) is 7.95. The zero-order valence-corrected chi connectivity index (χ0v) is 6.60. The molecule has 11 heavy (non-hydrogen) atoms. The van der Waals surface area contributed by atoms with Gasteiger partial charge in [-0.1, -0.05) is 18.2 Å². The van der Waals surface area contributed by atoms with Gasteiger partial charge in [0.1, 0.15) is 5.58 Å². The molecule has 0 fully saturated rings. The zero-order valence-electron chi connectivity index (χ0n) is 5.78. The molecule has 0 spiro atoms. The molecule has 0 aliphatic carbocycles. The highest BCUT2D eigenvalue weighted by atomic mass is 35.5. The van der Waals surface area contributed by atoms with Gasteiger partial charge in [-0.15, -0.1) is 12.4 Å². The number of hydrogen-bond acceptors (Lipinski definition) is 2. The van der Waals surface area contributed by atoms with E-state index in [0.29, 0.717) is 5.88 Å². The summed E-state index contributed by atoms with van der Waals surface area (Å²) in [4.78, 5) is 0. The summed E-state index contributed by atoms with van der Waals surface area (Å²) < 4.78 is 5.15. The predicted molar refractivity (Wildman–Crippen MR) is 47.9 cm³/mol. The lowest BCUT2D eigenvalue weighted by Gasteiger charge is -1.81. The third-order valence-electron chi connectivity index (χ3n) is 1.44. The van der Waals surface area contributed by atoms with E-state index in [0.717, 1.165) is 11.0 Å². The quantitative estimate of drug-likeness (QED) is 0.658. The molecule has 2 N–H and O–H groups in total. The van der Waals surface area contributed by atoms with Gasteiger partial charge in [0.25, 0.3) is 0 Å². The van der Waals surface area contributed by atoms with Crippen LogP contribution in [-0.2, 0) is 0 Å². The molecular weight excluding hydrogens is 162 g/mol. The maximum atomic E-state index is 5.42. The Bertz CT molecular complexity index is 323. The van der Waals surface area contributed by atoms with E-state index in [1.807, 2.05) is 30.3 Å². The van der Waals surface area contributed by atoms with Crippen LogP contribution in [0.1, 0.15) is 0 Å². The van der Waals surface area contributed by atoms with Gasteiger partial charge >= 0.3 is 0 Å². The van der Waals surface area contributed by atoms with Gasteiger partial charge in [-0.3, -0.25) is 0 Å². The van der Waals surface area contributed by atoms with Gasteiger partial charge in [-0.2, -0.15) is 0 Å². The molecule has 1 aromatic heterocycles. The zero-order chi connectivity index (χ0) is 6.97.